The van der Waals surface area contributed by atoms with Crippen LogP contribution in [0.2, 0.25) is 0 Å². The number of hydrogen-bond acceptors (Lipinski definition) is 4. The van der Waals surface area contributed by atoms with Gasteiger partial charge in [0, 0.05) is 11.5 Å². The van der Waals surface area contributed by atoms with E-state index in [0.29, 0.717) is 5.56 Å². The summed E-state index contributed by atoms with van der Waals surface area (Å²) in [4.78, 5) is 15.0. The van der Waals surface area contributed by atoms with Crippen LogP contribution in [0.15, 0.2) is 6.20 Å². The van der Waals surface area contributed by atoms with E-state index in [-0.39, 0.29) is 8.90 Å². The molecule has 9 heteroatoms. The van der Waals surface area contributed by atoms with Crippen LogP contribution >= 0.6 is 38.5 Å². The number of pyridine rings is 1. The van der Waals surface area contributed by atoms with Gasteiger partial charge in [-0.05, 0) is 28.2 Å². The van der Waals surface area contributed by atoms with Crippen LogP contribution in [0, 0.1) is 3.57 Å². The van der Waals surface area contributed by atoms with E-state index in [1.54, 1.807) is 22.6 Å². The lowest BCUT2D eigenvalue weighted by Crippen LogP contribution is -2.21. The Morgan fingerprint density at radius 1 is 1.56 bits per heavy atom. The second kappa shape index (κ2) is 6.04. The van der Waals surface area contributed by atoms with E-state index < -0.39 is 23.8 Å². The monoisotopic (exact) mass is 439 g/mol. The number of ether oxygens (including phenoxy) is 2. The zero-order valence-electron chi connectivity index (χ0n) is 8.85. The standard InChI is InChI=1S/C9H6BrF3INO3/c1-17-8(16)6-7(18-9(11,12)13)5(14)4(2-10)3-15-6/h3H,2H2,1H3. The Morgan fingerprint density at radius 2 is 2.17 bits per heavy atom. The average Bonchev–Trinajstić information content (AvgIpc) is 2.29. The first-order chi connectivity index (χ1) is 8.30. The molecule has 0 amide bonds. The van der Waals surface area contributed by atoms with Gasteiger partial charge in [0.1, 0.15) is 0 Å². The van der Waals surface area contributed by atoms with Gasteiger partial charge in [0.05, 0.1) is 10.7 Å². The number of alkyl halides is 4. The molecule has 0 radical (unpaired) electrons. The van der Waals surface area contributed by atoms with E-state index >= 15 is 0 Å². The minimum Gasteiger partial charge on any atom is -0.464 e. The normalized spacial score (nSPS) is 11.2. The Balaban J connectivity index is 3.35. The molecule has 0 atom stereocenters. The quantitative estimate of drug-likeness (QED) is 0.412. The second-order valence-electron chi connectivity index (χ2n) is 2.95. The number of aromatic nitrogens is 1. The minimum atomic E-state index is -4.91. The van der Waals surface area contributed by atoms with E-state index in [4.69, 9.17) is 0 Å². The lowest BCUT2D eigenvalue weighted by atomic mass is 10.2. The summed E-state index contributed by atoms with van der Waals surface area (Å²) in [6.07, 6.45) is -3.62. The number of hydrogen-bond donors (Lipinski definition) is 0. The maximum Gasteiger partial charge on any atom is 0.573 e. The summed E-state index contributed by atoms with van der Waals surface area (Å²) in [5.74, 6) is -1.64. The van der Waals surface area contributed by atoms with E-state index in [1.165, 1.54) is 6.20 Å². The molecule has 0 bridgehead atoms. The highest BCUT2D eigenvalue weighted by Crippen LogP contribution is 2.33. The molecular weight excluding hydrogens is 434 g/mol. The van der Waals surface area contributed by atoms with Crippen molar-refractivity contribution in [3.63, 3.8) is 0 Å². The summed E-state index contributed by atoms with van der Waals surface area (Å²) < 4.78 is 45.2. The van der Waals surface area contributed by atoms with Crippen LogP contribution in [0.3, 0.4) is 0 Å². The number of esters is 1. The molecule has 0 aliphatic carbocycles. The Labute approximate surface area is 122 Å². The molecule has 1 rings (SSSR count). The molecule has 0 aliphatic rings. The number of methoxy groups -OCH3 is 1. The van der Waals surface area contributed by atoms with E-state index in [1.807, 2.05) is 0 Å². The maximum absolute atomic E-state index is 12.3. The van der Waals surface area contributed by atoms with Gasteiger partial charge < -0.3 is 9.47 Å². The van der Waals surface area contributed by atoms with Gasteiger partial charge in [0.15, 0.2) is 11.4 Å². The minimum absolute atomic E-state index is 0.150. The topological polar surface area (TPSA) is 48.4 Å². The largest absolute Gasteiger partial charge is 0.573 e. The summed E-state index contributed by atoms with van der Waals surface area (Å²) >= 11 is 4.76. The van der Waals surface area contributed by atoms with Crippen LogP contribution < -0.4 is 4.74 Å². The van der Waals surface area contributed by atoms with Gasteiger partial charge in [0.2, 0.25) is 0 Å². The Kier molecular flexibility index (Phi) is 5.20. The van der Waals surface area contributed by atoms with Crippen LogP contribution in [0.5, 0.6) is 5.75 Å². The molecule has 100 valence electrons. The second-order valence-corrected chi connectivity index (χ2v) is 4.59. The third-order valence-electron chi connectivity index (χ3n) is 1.79. The van der Waals surface area contributed by atoms with Crippen molar-refractivity contribution in [2.24, 2.45) is 0 Å². The maximum atomic E-state index is 12.3. The van der Waals surface area contributed by atoms with Crippen LogP contribution in [0.1, 0.15) is 16.1 Å². The van der Waals surface area contributed by atoms with Gasteiger partial charge in [0.25, 0.3) is 0 Å². The highest BCUT2D eigenvalue weighted by molar-refractivity contribution is 14.1. The van der Waals surface area contributed by atoms with Crippen molar-refractivity contribution in [1.29, 1.82) is 0 Å². The third kappa shape index (κ3) is 3.70. The Morgan fingerprint density at radius 3 is 2.61 bits per heavy atom. The SMILES string of the molecule is COC(=O)c1ncc(CBr)c(I)c1OC(F)(F)F. The Hall–Kier alpha value is -0.580. The fourth-order valence-electron chi connectivity index (χ4n) is 1.05. The molecule has 18 heavy (non-hydrogen) atoms. The van der Waals surface area contributed by atoms with Crippen molar-refractivity contribution in [3.8, 4) is 5.75 Å². The highest BCUT2D eigenvalue weighted by Gasteiger charge is 2.35. The van der Waals surface area contributed by atoms with Crippen LogP contribution in [0.25, 0.3) is 0 Å². The van der Waals surface area contributed by atoms with Crippen LogP contribution in [-0.2, 0) is 10.1 Å². The molecule has 4 nitrogen and oxygen atoms in total. The van der Waals surface area contributed by atoms with Crippen molar-refractivity contribution >= 4 is 44.5 Å². The fourth-order valence-corrected chi connectivity index (χ4v) is 2.70. The summed E-state index contributed by atoms with van der Waals surface area (Å²) in [5, 5.41) is 0.286. The first-order valence-corrected chi connectivity index (χ1v) is 6.57. The molecule has 1 aromatic heterocycles. The number of halogens is 5. The molecule has 0 spiro atoms. The molecule has 0 unspecified atom stereocenters. The van der Waals surface area contributed by atoms with Crippen molar-refractivity contribution in [2.45, 2.75) is 11.7 Å². The molecule has 0 N–H and O–H groups in total. The lowest BCUT2D eigenvalue weighted by Gasteiger charge is -2.14. The van der Waals surface area contributed by atoms with Crippen molar-refractivity contribution in [1.82, 2.24) is 4.98 Å². The van der Waals surface area contributed by atoms with Crippen molar-refractivity contribution in [3.05, 3.63) is 21.0 Å². The van der Waals surface area contributed by atoms with Gasteiger partial charge in [-0.25, -0.2) is 9.78 Å². The summed E-state index contributed by atoms with van der Waals surface area (Å²) in [7, 11) is 1.05. The first kappa shape index (κ1) is 15.5. The lowest BCUT2D eigenvalue weighted by molar-refractivity contribution is -0.275. The van der Waals surface area contributed by atoms with Gasteiger partial charge in [-0.3, -0.25) is 0 Å². The number of carbonyl (C=O) groups is 1. The zero-order chi connectivity index (χ0) is 13.9. The fraction of sp³-hybridized carbons (Fsp3) is 0.333. The zero-order valence-corrected chi connectivity index (χ0v) is 12.6. The predicted octanol–water partition coefficient (Wildman–Crippen LogP) is 3.27. The number of nitrogens with zero attached hydrogens (tertiary/aromatic N) is 1. The molecule has 0 saturated heterocycles. The predicted molar refractivity (Wildman–Crippen MR) is 67.6 cm³/mol. The van der Waals surface area contributed by atoms with Gasteiger partial charge in [-0.2, -0.15) is 0 Å². The van der Waals surface area contributed by atoms with Gasteiger partial charge >= 0.3 is 12.3 Å². The van der Waals surface area contributed by atoms with E-state index in [0.717, 1.165) is 7.11 Å². The van der Waals surface area contributed by atoms with Crippen molar-refractivity contribution < 1.29 is 27.4 Å². The third-order valence-corrected chi connectivity index (χ3v) is 3.57. The molecule has 0 saturated carbocycles. The number of rotatable bonds is 3. The summed E-state index contributed by atoms with van der Waals surface area (Å²) in [6.45, 7) is 0. The molecule has 0 fully saturated rings. The van der Waals surface area contributed by atoms with Crippen LogP contribution in [-0.4, -0.2) is 24.4 Å². The summed E-state index contributed by atoms with van der Waals surface area (Å²) in [6, 6.07) is 0. The molecular formula is C9H6BrF3INO3. The Bertz CT molecular complexity index is 467. The van der Waals surface area contributed by atoms with Crippen LogP contribution in [0.4, 0.5) is 13.2 Å². The number of carbonyl (C=O) groups excluding carboxylic acids is 1. The highest BCUT2D eigenvalue weighted by atomic mass is 127. The summed E-state index contributed by atoms with van der Waals surface area (Å²) in [5.41, 5.74) is -0.0357. The molecule has 0 aliphatic heterocycles. The van der Waals surface area contributed by atoms with E-state index in [2.05, 4.69) is 30.4 Å². The molecule has 1 aromatic rings. The first-order valence-electron chi connectivity index (χ1n) is 4.37. The van der Waals surface area contributed by atoms with Gasteiger partial charge in [-0.15, -0.1) is 13.2 Å². The smallest absolute Gasteiger partial charge is 0.464 e. The van der Waals surface area contributed by atoms with Crippen molar-refractivity contribution in [2.75, 3.05) is 7.11 Å². The molecule has 0 aromatic carbocycles. The van der Waals surface area contributed by atoms with Gasteiger partial charge in [-0.1, -0.05) is 15.9 Å². The molecule has 1 heterocycles. The average molecular weight is 440 g/mol. The van der Waals surface area contributed by atoms with E-state index in [9.17, 15) is 18.0 Å².